The van der Waals surface area contributed by atoms with Gasteiger partial charge in [0.2, 0.25) is 0 Å². The Morgan fingerprint density at radius 2 is 1.95 bits per heavy atom. The Kier molecular flexibility index (Phi) is 4.27. The number of hydrogen-bond donors (Lipinski definition) is 2. The fraction of sp³-hybridized carbons (Fsp3) is 0.467. The molecule has 1 saturated heterocycles. The lowest BCUT2D eigenvalue weighted by molar-refractivity contribution is -0.131. The number of methoxy groups -OCH3 is 2. The minimum atomic E-state index is -1.08. The predicted octanol–water partition coefficient (Wildman–Crippen LogP) is 1.07. The van der Waals surface area contributed by atoms with Crippen molar-refractivity contribution in [3.63, 3.8) is 0 Å². The summed E-state index contributed by atoms with van der Waals surface area (Å²) < 4.78 is 10.3. The van der Waals surface area contributed by atoms with Gasteiger partial charge in [-0.25, -0.2) is 4.79 Å². The summed E-state index contributed by atoms with van der Waals surface area (Å²) in [5.41, 5.74) is -0.512. The number of benzene rings is 1. The molecule has 3 amide bonds. The van der Waals surface area contributed by atoms with Gasteiger partial charge in [0.1, 0.15) is 23.1 Å². The summed E-state index contributed by atoms with van der Waals surface area (Å²) in [6.07, 6.45) is -1.08. The number of amides is 3. The normalized spacial score (nSPS) is 18.1. The topological polar surface area (TPSA) is 88.1 Å². The standard InChI is InChI=1S/C15H20N2O5/c1-15(2)13(19)17(14(20)16-15)8-11(18)10-7-9(21-3)5-6-12(10)22-4/h5-7,11,18H,8H2,1-4H3,(H,16,20)/t11-/m1/s1. The molecular weight excluding hydrogens is 288 g/mol. The maximum atomic E-state index is 12.2. The van der Waals surface area contributed by atoms with Crippen LogP contribution in [0.2, 0.25) is 0 Å². The highest BCUT2D eigenvalue weighted by Crippen LogP contribution is 2.31. The van der Waals surface area contributed by atoms with E-state index in [9.17, 15) is 14.7 Å². The van der Waals surface area contributed by atoms with Gasteiger partial charge in [0.25, 0.3) is 5.91 Å². The van der Waals surface area contributed by atoms with E-state index in [1.54, 1.807) is 32.0 Å². The molecule has 7 heteroatoms. The van der Waals surface area contributed by atoms with Crippen LogP contribution < -0.4 is 14.8 Å². The molecule has 1 aromatic carbocycles. The highest BCUT2D eigenvalue weighted by Gasteiger charge is 2.44. The van der Waals surface area contributed by atoms with Crippen molar-refractivity contribution in [2.75, 3.05) is 20.8 Å². The predicted molar refractivity (Wildman–Crippen MR) is 78.8 cm³/mol. The van der Waals surface area contributed by atoms with Gasteiger partial charge in [-0.05, 0) is 32.0 Å². The monoisotopic (exact) mass is 308 g/mol. The Morgan fingerprint density at radius 3 is 2.45 bits per heavy atom. The highest BCUT2D eigenvalue weighted by atomic mass is 16.5. The first-order valence-corrected chi connectivity index (χ1v) is 6.84. The molecule has 7 nitrogen and oxygen atoms in total. The first-order chi connectivity index (χ1) is 10.3. The zero-order valence-electron chi connectivity index (χ0n) is 13.0. The summed E-state index contributed by atoms with van der Waals surface area (Å²) in [5.74, 6) is 0.630. The van der Waals surface area contributed by atoms with Crippen molar-refractivity contribution in [1.29, 1.82) is 0 Å². The Hall–Kier alpha value is -2.28. The maximum Gasteiger partial charge on any atom is 0.325 e. The molecule has 1 aliphatic rings. The number of ether oxygens (including phenoxy) is 2. The van der Waals surface area contributed by atoms with Gasteiger partial charge in [-0.3, -0.25) is 9.69 Å². The molecule has 0 bridgehead atoms. The van der Waals surface area contributed by atoms with Crippen LogP contribution in [0.5, 0.6) is 11.5 Å². The number of aliphatic hydroxyl groups excluding tert-OH is 1. The molecule has 1 atom stereocenters. The number of nitrogens with one attached hydrogen (secondary N) is 1. The number of urea groups is 1. The summed E-state index contributed by atoms with van der Waals surface area (Å²) in [6.45, 7) is 3.08. The van der Waals surface area contributed by atoms with Crippen LogP contribution in [0, 0.1) is 0 Å². The zero-order chi connectivity index (χ0) is 16.5. The molecule has 1 fully saturated rings. The SMILES string of the molecule is COc1ccc(OC)c([C@H](O)CN2C(=O)NC(C)(C)C2=O)c1. The molecule has 0 unspecified atom stereocenters. The van der Waals surface area contributed by atoms with Gasteiger partial charge in [0.15, 0.2) is 0 Å². The molecule has 0 aromatic heterocycles. The smallest absolute Gasteiger partial charge is 0.325 e. The summed E-state index contributed by atoms with van der Waals surface area (Å²) in [4.78, 5) is 25.0. The minimum Gasteiger partial charge on any atom is -0.497 e. The van der Waals surface area contributed by atoms with E-state index >= 15 is 0 Å². The van der Waals surface area contributed by atoms with Crippen molar-refractivity contribution >= 4 is 11.9 Å². The minimum absolute atomic E-state index is 0.155. The zero-order valence-corrected chi connectivity index (χ0v) is 13.0. The number of imide groups is 1. The average molecular weight is 308 g/mol. The Balaban J connectivity index is 2.24. The molecule has 0 aliphatic carbocycles. The number of nitrogens with zero attached hydrogens (tertiary/aromatic N) is 1. The number of hydrogen-bond acceptors (Lipinski definition) is 5. The van der Waals surface area contributed by atoms with Crippen LogP contribution in [0.4, 0.5) is 4.79 Å². The molecular formula is C15H20N2O5. The number of rotatable bonds is 5. The van der Waals surface area contributed by atoms with Crippen molar-refractivity contribution in [2.45, 2.75) is 25.5 Å². The van der Waals surface area contributed by atoms with Gasteiger partial charge in [0.05, 0.1) is 20.8 Å². The van der Waals surface area contributed by atoms with E-state index in [2.05, 4.69) is 5.32 Å². The second-order valence-corrected chi connectivity index (χ2v) is 5.59. The van der Waals surface area contributed by atoms with Crippen LogP contribution in [0.15, 0.2) is 18.2 Å². The van der Waals surface area contributed by atoms with E-state index in [0.717, 1.165) is 4.90 Å². The van der Waals surface area contributed by atoms with Crippen molar-refractivity contribution in [2.24, 2.45) is 0 Å². The first kappa shape index (κ1) is 16.1. The van der Waals surface area contributed by atoms with Crippen LogP contribution in [0.1, 0.15) is 25.5 Å². The van der Waals surface area contributed by atoms with Crippen molar-refractivity contribution in [3.05, 3.63) is 23.8 Å². The fourth-order valence-electron chi connectivity index (χ4n) is 2.35. The third-order valence-corrected chi connectivity index (χ3v) is 3.60. The largest absolute Gasteiger partial charge is 0.497 e. The van der Waals surface area contributed by atoms with E-state index in [4.69, 9.17) is 9.47 Å². The van der Waals surface area contributed by atoms with Gasteiger partial charge in [0, 0.05) is 5.56 Å². The quantitative estimate of drug-likeness (QED) is 0.794. The lowest BCUT2D eigenvalue weighted by Crippen LogP contribution is -2.40. The number of aliphatic hydroxyl groups is 1. The molecule has 0 radical (unpaired) electrons. The van der Waals surface area contributed by atoms with E-state index in [-0.39, 0.29) is 12.5 Å². The van der Waals surface area contributed by atoms with Crippen LogP contribution in [-0.4, -0.2) is 48.2 Å². The van der Waals surface area contributed by atoms with Crippen molar-refractivity contribution in [1.82, 2.24) is 10.2 Å². The van der Waals surface area contributed by atoms with E-state index < -0.39 is 17.7 Å². The average Bonchev–Trinajstić information content (AvgIpc) is 2.68. The third-order valence-electron chi connectivity index (χ3n) is 3.60. The molecule has 22 heavy (non-hydrogen) atoms. The van der Waals surface area contributed by atoms with Crippen molar-refractivity contribution < 1.29 is 24.2 Å². The van der Waals surface area contributed by atoms with Crippen molar-refractivity contribution in [3.8, 4) is 11.5 Å². The van der Waals surface area contributed by atoms with Gasteiger partial charge in [-0.1, -0.05) is 0 Å². The lowest BCUT2D eigenvalue weighted by atomic mass is 10.0. The molecule has 2 N–H and O–H groups in total. The Morgan fingerprint density at radius 1 is 1.27 bits per heavy atom. The van der Waals surface area contributed by atoms with Gasteiger partial charge in [-0.15, -0.1) is 0 Å². The van der Waals surface area contributed by atoms with E-state index in [1.165, 1.54) is 14.2 Å². The third kappa shape index (κ3) is 2.85. The molecule has 1 aliphatic heterocycles. The number of carbonyl (C=O) groups excluding carboxylic acids is 2. The van der Waals surface area contributed by atoms with Crippen LogP contribution in [0.3, 0.4) is 0 Å². The van der Waals surface area contributed by atoms with Gasteiger partial charge < -0.3 is 19.9 Å². The summed E-state index contributed by atoms with van der Waals surface area (Å²) in [5, 5.41) is 13.0. The lowest BCUT2D eigenvalue weighted by Gasteiger charge is -2.21. The van der Waals surface area contributed by atoms with E-state index in [0.29, 0.717) is 17.1 Å². The maximum absolute atomic E-state index is 12.2. The fourth-order valence-corrected chi connectivity index (χ4v) is 2.35. The summed E-state index contributed by atoms with van der Waals surface area (Å²) in [7, 11) is 2.99. The van der Waals surface area contributed by atoms with Crippen LogP contribution in [0.25, 0.3) is 0 Å². The number of β-amino-alcohol motifs (C(OH)–C–C–N with tert-alkyl or cyclic N) is 1. The first-order valence-electron chi connectivity index (χ1n) is 6.84. The second-order valence-electron chi connectivity index (χ2n) is 5.59. The van der Waals surface area contributed by atoms with E-state index in [1.807, 2.05) is 0 Å². The molecule has 0 spiro atoms. The Labute approximate surface area is 128 Å². The molecule has 120 valence electrons. The van der Waals surface area contributed by atoms with Gasteiger partial charge >= 0.3 is 6.03 Å². The second kappa shape index (κ2) is 5.84. The molecule has 2 rings (SSSR count). The van der Waals surface area contributed by atoms with Gasteiger partial charge in [-0.2, -0.15) is 0 Å². The highest BCUT2D eigenvalue weighted by molar-refractivity contribution is 6.06. The molecule has 1 aromatic rings. The Bertz CT molecular complexity index is 600. The molecule has 0 saturated carbocycles. The van der Waals surface area contributed by atoms with Crippen LogP contribution >= 0.6 is 0 Å². The molecule has 1 heterocycles. The number of carbonyl (C=O) groups is 2. The summed E-state index contributed by atoms with van der Waals surface area (Å²) >= 11 is 0. The van der Waals surface area contributed by atoms with Crippen LogP contribution in [-0.2, 0) is 4.79 Å². The summed E-state index contributed by atoms with van der Waals surface area (Å²) in [6, 6.07) is 4.46.